The van der Waals surface area contributed by atoms with E-state index in [1.807, 2.05) is 13.8 Å². The molecule has 0 saturated heterocycles. The number of hydrogen-bond donors (Lipinski definition) is 0. The maximum Gasteiger partial charge on any atom is 0.294 e. The van der Waals surface area contributed by atoms with Crippen LogP contribution in [0.15, 0.2) is 0 Å². The first kappa shape index (κ1) is 12.2. The first-order valence-electron chi connectivity index (χ1n) is 4.27. The van der Waals surface area contributed by atoms with E-state index in [0.717, 1.165) is 0 Å². The monoisotopic (exact) mass is 188 g/mol. The molecule has 0 N–H and O–H groups in total. The van der Waals surface area contributed by atoms with Crippen LogP contribution in [0.1, 0.15) is 34.6 Å². The van der Waals surface area contributed by atoms with Crippen LogP contribution >= 0.6 is 0 Å². The lowest BCUT2D eigenvalue weighted by molar-refractivity contribution is -0.760. The van der Waals surface area contributed by atoms with Crippen LogP contribution in [-0.4, -0.2) is 11.7 Å². The van der Waals surface area contributed by atoms with Gasteiger partial charge in [0.25, 0.3) is 5.09 Å². The fourth-order valence-electron chi connectivity index (χ4n) is 1.43. The average Bonchev–Trinajstić information content (AvgIpc) is 1.78. The summed E-state index contributed by atoms with van der Waals surface area (Å²) in [5, 5.41) is 9.23. The Morgan fingerprint density at radius 2 is 1.77 bits per heavy atom. The van der Waals surface area contributed by atoms with E-state index in [1.165, 1.54) is 0 Å². The Balaban J connectivity index is 4.01. The lowest BCUT2D eigenvalue weighted by atomic mass is 9.77. The largest absolute Gasteiger partial charge is 0.313 e. The molecule has 0 spiro atoms. The zero-order valence-electron chi connectivity index (χ0n) is 8.96. The molecular weight excluding hydrogens is 170 g/mol. The van der Waals surface area contributed by atoms with Gasteiger partial charge in [-0.2, -0.15) is 0 Å². The summed E-state index contributed by atoms with van der Waals surface area (Å²) in [5.74, 6) is 0. The fraction of sp³-hybridized carbons (Fsp3) is 0.889. The van der Waals surface area contributed by atoms with Gasteiger partial charge in [-0.3, -0.25) is 0 Å². The van der Waals surface area contributed by atoms with Gasteiger partial charge >= 0.3 is 0 Å². The summed E-state index contributed by atoms with van der Waals surface area (Å²) in [6.45, 7) is 10.1. The number of nitrogens with zero attached hydrogens (tertiary/aromatic N) is 1. The van der Waals surface area contributed by atoms with E-state index in [9.17, 15) is 10.1 Å². The minimum atomic E-state index is -0.752. The van der Waals surface area contributed by atoms with Gasteiger partial charge in [-0.25, -0.2) is 0 Å². The highest BCUT2D eigenvalue weighted by Crippen LogP contribution is 2.31. The molecule has 0 aliphatic rings. The normalized spacial score (nSPS) is 12.7. The summed E-state index contributed by atoms with van der Waals surface area (Å²) >= 11 is 0. The van der Waals surface area contributed by atoms with Crippen LogP contribution in [0.3, 0.4) is 0 Å². The van der Waals surface area contributed by atoms with Crippen LogP contribution in [-0.2, 0) is 4.84 Å². The molecule has 0 aromatic rings. The zero-order chi connectivity index (χ0) is 10.7. The van der Waals surface area contributed by atoms with Crippen LogP contribution in [0.25, 0.3) is 0 Å². The van der Waals surface area contributed by atoms with Gasteiger partial charge in [0.05, 0.1) is 0 Å². The quantitative estimate of drug-likeness (QED) is 0.503. The van der Waals surface area contributed by atoms with Crippen molar-refractivity contribution in [1.29, 1.82) is 0 Å². The minimum Gasteiger partial charge on any atom is -0.313 e. The lowest BCUT2D eigenvalue weighted by Gasteiger charge is -2.30. The molecule has 0 atom stereocenters. The van der Waals surface area contributed by atoms with Gasteiger partial charge in [-0.05, 0) is 17.3 Å². The molecule has 4 heteroatoms. The number of hydrogen-bond acceptors (Lipinski definition) is 3. The minimum absolute atomic E-state index is 0.0451. The molecule has 13 heavy (non-hydrogen) atoms. The second-order valence-corrected chi connectivity index (χ2v) is 5.00. The van der Waals surface area contributed by atoms with E-state index >= 15 is 0 Å². The van der Waals surface area contributed by atoms with Crippen molar-refractivity contribution in [1.82, 2.24) is 0 Å². The molecule has 0 aliphatic heterocycles. The molecule has 77 valence electrons. The van der Waals surface area contributed by atoms with Crippen LogP contribution in [0, 0.1) is 27.4 Å². The van der Waals surface area contributed by atoms with Crippen molar-refractivity contribution in [3.63, 3.8) is 0 Å². The van der Waals surface area contributed by atoms with Crippen molar-refractivity contribution in [2.75, 3.05) is 6.61 Å². The van der Waals surface area contributed by atoms with Crippen LogP contribution < -0.4 is 0 Å². The molecule has 4 nitrogen and oxygen atoms in total. The van der Waals surface area contributed by atoms with Gasteiger partial charge in [0.2, 0.25) is 0 Å². The predicted octanol–water partition coefficient (Wildman–Crippen LogP) is 2.47. The smallest absolute Gasteiger partial charge is 0.294 e. The summed E-state index contributed by atoms with van der Waals surface area (Å²) in [4.78, 5) is 14.3. The summed E-state index contributed by atoms with van der Waals surface area (Å²) in [6, 6.07) is 0. The van der Waals surface area contributed by atoms with Crippen molar-refractivity contribution in [3.8, 4) is 0 Å². The zero-order valence-corrected chi connectivity index (χ0v) is 8.96. The van der Waals surface area contributed by atoms with Crippen molar-refractivity contribution in [2.24, 2.45) is 10.8 Å². The van der Waals surface area contributed by atoms with E-state index in [-0.39, 0.29) is 17.4 Å². The Morgan fingerprint density at radius 1 is 1.31 bits per heavy atom. The first-order valence-corrected chi connectivity index (χ1v) is 4.27. The van der Waals surface area contributed by atoms with Gasteiger partial charge in [0, 0.05) is 0 Å². The van der Waals surface area contributed by atoms with Crippen LogP contribution in [0.2, 0.25) is 0 Å². The highest BCUT2D eigenvalue weighted by Gasteiger charge is 2.26. The standard InChI is InChI=1S/C9H18NO3/c1-8(2,3)6-9(4,5)7-13-10(11)12/h6H,7H2,1-5H3. The molecule has 0 saturated carbocycles. The van der Waals surface area contributed by atoms with E-state index in [0.29, 0.717) is 0 Å². The van der Waals surface area contributed by atoms with Gasteiger partial charge in [-0.1, -0.05) is 34.6 Å². The Labute approximate surface area is 79.4 Å². The SMILES string of the molecule is CC(C)(C)[CH]C(C)(C)CO[N+](=O)[O-]. The average molecular weight is 188 g/mol. The Kier molecular flexibility index (Phi) is 3.70. The summed E-state index contributed by atoms with van der Waals surface area (Å²) in [6.07, 6.45) is 2.06. The first-order chi connectivity index (χ1) is 5.62. The predicted molar refractivity (Wildman–Crippen MR) is 50.5 cm³/mol. The third-order valence-corrected chi connectivity index (χ3v) is 1.37. The molecule has 1 radical (unpaired) electrons. The highest BCUT2D eigenvalue weighted by molar-refractivity contribution is 4.93. The fourth-order valence-corrected chi connectivity index (χ4v) is 1.43. The van der Waals surface area contributed by atoms with Crippen molar-refractivity contribution >= 4 is 0 Å². The second-order valence-electron chi connectivity index (χ2n) is 5.00. The Morgan fingerprint density at radius 3 is 2.08 bits per heavy atom. The molecule has 0 unspecified atom stereocenters. The van der Waals surface area contributed by atoms with E-state index < -0.39 is 5.09 Å². The molecular formula is C9H18NO3. The third-order valence-electron chi connectivity index (χ3n) is 1.37. The number of rotatable bonds is 4. The van der Waals surface area contributed by atoms with E-state index in [1.54, 1.807) is 0 Å². The van der Waals surface area contributed by atoms with Crippen molar-refractivity contribution in [2.45, 2.75) is 34.6 Å². The molecule has 0 aliphatic carbocycles. The third kappa shape index (κ3) is 7.56. The maximum absolute atomic E-state index is 9.98. The summed E-state index contributed by atoms with van der Waals surface area (Å²) in [7, 11) is 0. The van der Waals surface area contributed by atoms with Crippen molar-refractivity contribution < 1.29 is 9.92 Å². The molecule has 0 fully saturated rings. The maximum atomic E-state index is 9.98. The molecule has 0 bridgehead atoms. The molecule has 0 amide bonds. The summed E-state index contributed by atoms with van der Waals surface area (Å²) in [5.41, 5.74) is -0.227. The molecule has 0 rings (SSSR count). The van der Waals surface area contributed by atoms with Gasteiger partial charge < -0.3 is 4.84 Å². The molecule has 0 heterocycles. The van der Waals surface area contributed by atoms with Gasteiger partial charge in [0.15, 0.2) is 0 Å². The topological polar surface area (TPSA) is 52.4 Å². The molecule has 0 aromatic carbocycles. The lowest BCUT2D eigenvalue weighted by Crippen LogP contribution is -2.27. The van der Waals surface area contributed by atoms with E-state index in [4.69, 9.17) is 0 Å². The van der Waals surface area contributed by atoms with Crippen LogP contribution in [0.4, 0.5) is 0 Å². The van der Waals surface area contributed by atoms with Crippen LogP contribution in [0.5, 0.6) is 0 Å². The van der Waals surface area contributed by atoms with Crippen molar-refractivity contribution in [3.05, 3.63) is 16.5 Å². The Bertz CT molecular complexity index is 182. The Hall–Kier alpha value is -0.800. The highest BCUT2D eigenvalue weighted by atomic mass is 16.9. The second kappa shape index (κ2) is 3.94. The van der Waals surface area contributed by atoms with E-state index in [2.05, 4.69) is 32.0 Å². The van der Waals surface area contributed by atoms with Gasteiger partial charge in [0.1, 0.15) is 6.61 Å². The molecule has 0 aromatic heterocycles. The van der Waals surface area contributed by atoms with Gasteiger partial charge in [-0.15, -0.1) is 10.1 Å². The summed E-state index contributed by atoms with van der Waals surface area (Å²) < 4.78 is 0.